The van der Waals surface area contributed by atoms with E-state index in [0.29, 0.717) is 0 Å². The van der Waals surface area contributed by atoms with Crippen LogP contribution in [0, 0.1) is 0 Å². The average Bonchev–Trinajstić information content (AvgIpc) is 2.35. The van der Waals surface area contributed by atoms with Gasteiger partial charge in [-0.25, -0.2) is 4.98 Å². The molecule has 1 rings (SSSR count). The molecule has 1 aromatic heterocycles. The van der Waals surface area contributed by atoms with Gasteiger partial charge in [-0.3, -0.25) is 4.79 Å². The van der Waals surface area contributed by atoms with Gasteiger partial charge in [-0.15, -0.1) is 11.3 Å². The van der Waals surface area contributed by atoms with Crippen LogP contribution in [0.2, 0.25) is 0 Å². The molecule has 0 N–H and O–H groups in total. The van der Waals surface area contributed by atoms with E-state index < -0.39 is 16.4 Å². The van der Waals surface area contributed by atoms with Crippen LogP contribution in [0.15, 0.2) is 15.3 Å². The smallest absolute Gasteiger partial charge is 0.264 e. The summed E-state index contributed by atoms with van der Waals surface area (Å²) in [5.74, 6) is -0.834. The van der Waals surface area contributed by atoms with E-state index in [1.807, 2.05) is 0 Å². The van der Waals surface area contributed by atoms with Crippen molar-refractivity contribution in [3.8, 4) is 0 Å². The van der Waals surface area contributed by atoms with Crippen molar-refractivity contribution in [3.63, 3.8) is 0 Å². The zero-order chi connectivity index (χ0) is 8.27. The Hall–Kier alpha value is -1.08. The number of rotatable bonds is 1. The fraction of sp³-hybridized carbons (Fsp3) is 0. The molecule has 7 heteroatoms. The molecular formula is C4H2N2O3S2. The quantitative estimate of drug-likeness (QED) is 0.640. The standard InChI is InChI=1S/C4H2N2O3S2/c7-4(6-11(8)9)3-1-10-2-5-3/h1-2H. The lowest BCUT2D eigenvalue weighted by Gasteiger charge is -1.78. The molecule has 5 nitrogen and oxygen atoms in total. The average molecular weight is 190 g/mol. The predicted molar refractivity (Wildman–Crippen MR) is 37.8 cm³/mol. The zero-order valence-electron chi connectivity index (χ0n) is 5.09. The molecule has 0 fully saturated rings. The third kappa shape index (κ3) is 2.20. The molecule has 0 bridgehead atoms. The third-order valence-electron chi connectivity index (χ3n) is 0.809. The number of amides is 1. The second kappa shape index (κ2) is 3.35. The van der Waals surface area contributed by atoms with Gasteiger partial charge in [0.15, 0.2) is 0 Å². The Bertz CT molecular complexity index is 369. The highest BCUT2D eigenvalue weighted by Gasteiger charge is 2.05. The molecule has 0 saturated heterocycles. The number of thiazole rings is 1. The van der Waals surface area contributed by atoms with Crippen molar-refractivity contribution in [2.24, 2.45) is 4.36 Å². The van der Waals surface area contributed by atoms with E-state index in [9.17, 15) is 13.2 Å². The summed E-state index contributed by atoms with van der Waals surface area (Å²) >= 11 is 1.20. The van der Waals surface area contributed by atoms with E-state index in [-0.39, 0.29) is 5.69 Å². The fourth-order valence-corrected chi connectivity index (χ4v) is 1.19. The Labute approximate surface area is 67.4 Å². The highest BCUT2D eigenvalue weighted by molar-refractivity contribution is 7.62. The van der Waals surface area contributed by atoms with Gasteiger partial charge >= 0.3 is 16.4 Å². The van der Waals surface area contributed by atoms with Crippen LogP contribution in [0.3, 0.4) is 0 Å². The minimum atomic E-state index is -2.69. The van der Waals surface area contributed by atoms with Crippen LogP contribution >= 0.6 is 11.3 Å². The van der Waals surface area contributed by atoms with E-state index in [1.165, 1.54) is 22.2 Å². The van der Waals surface area contributed by atoms with Gasteiger partial charge in [0.25, 0.3) is 0 Å². The van der Waals surface area contributed by atoms with Crippen molar-refractivity contribution in [2.45, 2.75) is 0 Å². The van der Waals surface area contributed by atoms with Gasteiger partial charge in [0, 0.05) is 5.38 Å². The summed E-state index contributed by atoms with van der Waals surface area (Å²) in [4.78, 5) is 14.3. The second-order valence-corrected chi connectivity index (χ2v) is 2.82. The van der Waals surface area contributed by atoms with Gasteiger partial charge in [0.1, 0.15) is 5.69 Å². The van der Waals surface area contributed by atoms with Crippen molar-refractivity contribution < 1.29 is 13.2 Å². The van der Waals surface area contributed by atoms with Crippen molar-refractivity contribution >= 4 is 27.7 Å². The number of carbonyl (C=O) groups is 1. The van der Waals surface area contributed by atoms with Crippen LogP contribution in [0.1, 0.15) is 10.5 Å². The summed E-state index contributed by atoms with van der Waals surface area (Å²) < 4.78 is 22.5. The first-order chi connectivity index (χ1) is 5.20. The summed E-state index contributed by atoms with van der Waals surface area (Å²) in [5.41, 5.74) is 1.48. The van der Waals surface area contributed by atoms with Crippen LogP contribution in [-0.4, -0.2) is 19.3 Å². The van der Waals surface area contributed by atoms with E-state index in [0.717, 1.165) is 0 Å². The van der Waals surface area contributed by atoms with Crippen LogP contribution in [0.25, 0.3) is 0 Å². The molecule has 0 aliphatic heterocycles. The number of hydrogen-bond acceptors (Lipinski definition) is 5. The Morgan fingerprint density at radius 1 is 1.64 bits per heavy atom. The minimum Gasteiger partial charge on any atom is -0.264 e. The van der Waals surface area contributed by atoms with E-state index in [4.69, 9.17) is 0 Å². The van der Waals surface area contributed by atoms with Crippen molar-refractivity contribution in [1.29, 1.82) is 0 Å². The molecule has 0 aliphatic rings. The van der Waals surface area contributed by atoms with Crippen molar-refractivity contribution in [3.05, 3.63) is 16.6 Å². The Morgan fingerprint density at radius 2 is 2.36 bits per heavy atom. The van der Waals surface area contributed by atoms with Crippen molar-refractivity contribution in [1.82, 2.24) is 4.98 Å². The summed E-state index contributed by atoms with van der Waals surface area (Å²) in [5, 5.41) is 1.43. The Kier molecular flexibility index (Phi) is 2.44. The Balaban J connectivity index is 2.97. The monoisotopic (exact) mass is 190 g/mol. The Morgan fingerprint density at radius 3 is 2.82 bits per heavy atom. The molecule has 1 aromatic rings. The summed E-state index contributed by atoms with van der Waals surface area (Å²) in [7, 11) is -2.69. The predicted octanol–water partition coefficient (Wildman–Crippen LogP) is 0.346. The zero-order valence-corrected chi connectivity index (χ0v) is 6.72. The molecule has 11 heavy (non-hydrogen) atoms. The maximum atomic E-state index is 10.7. The molecule has 58 valence electrons. The van der Waals surface area contributed by atoms with Gasteiger partial charge < -0.3 is 0 Å². The first-order valence-corrected chi connectivity index (χ1v) is 4.41. The first-order valence-electron chi connectivity index (χ1n) is 2.44. The van der Waals surface area contributed by atoms with E-state index in [1.54, 1.807) is 0 Å². The lowest BCUT2D eigenvalue weighted by atomic mass is 10.5. The molecule has 0 aromatic carbocycles. The van der Waals surface area contributed by atoms with Crippen LogP contribution in [0.5, 0.6) is 0 Å². The lowest BCUT2D eigenvalue weighted by Crippen LogP contribution is -1.93. The van der Waals surface area contributed by atoms with Crippen LogP contribution in [0.4, 0.5) is 0 Å². The first kappa shape index (κ1) is 8.02. The maximum Gasteiger partial charge on any atom is 0.319 e. The second-order valence-electron chi connectivity index (χ2n) is 1.49. The van der Waals surface area contributed by atoms with E-state index >= 15 is 0 Å². The summed E-state index contributed by atoms with van der Waals surface area (Å²) in [6.45, 7) is 0. The van der Waals surface area contributed by atoms with Crippen molar-refractivity contribution in [2.75, 3.05) is 0 Å². The SMILES string of the molecule is O=C(N=S(=O)=O)c1cscn1. The molecule has 0 spiro atoms. The molecular weight excluding hydrogens is 188 g/mol. The molecule has 0 atom stereocenters. The third-order valence-corrected chi connectivity index (χ3v) is 1.71. The number of nitrogens with zero attached hydrogens (tertiary/aromatic N) is 2. The number of hydrogen-bond donors (Lipinski definition) is 0. The highest BCUT2D eigenvalue weighted by Crippen LogP contribution is 2.01. The van der Waals surface area contributed by atoms with Gasteiger partial charge in [0.2, 0.25) is 0 Å². The minimum absolute atomic E-state index is 0.0548. The lowest BCUT2D eigenvalue weighted by molar-refractivity contribution is 0.100. The maximum absolute atomic E-state index is 10.7. The normalized spacial score (nSPS) is 9.09. The van der Waals surface area contributed by atoms with Crippen LogP contribution < -0.4 is 0 Å². The molecule has 0 saturated carbocycles. The van der Waals surface area contributed by atoms with Gasteiger partial charge in [-0.05, 0) is 0 Å². The number of carbonyl (C=O) groups excluding carboxylic acids is 1. The van der Waals surface area contributed by atoms with Crippen LogP contribution in [-0.2, 0) is 10.5 Å². The summed E-state index contributed by atoms with van der Waals surface area (Å²) in [6.07, 6.45) is 0. The van der Waals surface area contributed by atoms with E-state index in [2.05, 4.69) is 9.35 Å². The molecule has 1 amide bonds. The summed E-state index contributed by atoms with van der Waals surface area (Å²) in [6, 6.07) is 0. The van der Waals surface area contributed by atoms with Gasteiger partial charge in [-0.1, -0.05) is 4.36 Å². The molecule has 0 unspecified atom stereocenters. The topological polar surface area (TPSA) is 76.5 Å². The number of aromatic nitrogens is 1. The molecule has 0 radical (unpaired) electrons. The van der Waals surface area contributed by atoms with Gasteiger partial charge in [0.05, 0.1) is 5.51 Å². The highest BCUT2D eigenvalue weighted by atomic mass is 32.2. The van der Waals surface area contributed by atoms with Gasteiger partial charge in [-0.2, -0.15) is 8.42 Å². The largest absolute Gasteiger partial charge is 0.319 e. The fourth-order valence-electron chi connectivity index (χ4n) is 0.433. The molecule has 1 heterocycles. The molecule has 0 aliphatic carbocycles.